The van der Waals surface area contributed by atoms with Crippen molar-refractivity contribution in [2.75, 3.05) is 0 Å². The molecule has 1 unspecified atom stereocenters. The molecule has 2 aromatic rings. The van der Waals surface area contributed by atoms with Gasteiger partial charge in [0.25, 0.3) is 0 Å². The highest BCUT2D eigenvalue weighted by Crippen LogP contribution is 2.28. The Balaban J connectivity index is 2.52. The first kappa shape index (κ1) is 11.7. The Bertz CT molecular complexity index is 531. The van der Waals surface area contributed by atoms with Gasteiger partial charge < -0.3 is 9.84 Å². The van der Waals surface area contributed by atoms with E-state index in [-0.39, 0.29) is 12.7 Å². The Morgan fingerprint density at radius 1 is 1.29 bits per heavy atom. The van der Waals surface area contributed by atoms with E-state index in [4.69, 9.17) is 4.74 Å². The van der Waals surface area contributed by atoms with Crippen LogP contribution in [-0.2, 0) is 6.61 Å². The van der Waals surface area contributed by atoms with Crippen molar-refractivity contribution in [2.24, 2.45) is 0 Å². The molecule has 0 aliphatic carbocycles. The maximum atomic E-state index is 9.50. The second-order valence-corrected chi connectivity index (χ2v) is 3.98. The van der Waals surface area contributed by atoms with Crippen molar-refractivity contribution in [2.45, 2.75) is 19.6 Å². The topological polar surface area (TPSA) is 29.5 Å². The van der Waals surface area contributed by atoms with Gasteiger partial charge in [-0.1, -0.05) is 43.0 Å². The second kappa shape index (κ2) is 5.02. The van der Waals surface area contributed by atoms with Crippen LogP contribution in [0.4, 0.5) is 0 Å². The maximum Gasteiger partial charge on any atom is 0.126 e. The monoisotopic (exact) mass is 228 g/mol. The average Bonchev–Trinajstić information content (AvgIpc) is 2.38. The Morgan fingerprint density at radius 2 is 2.06 bits per heavy atom. The summed E-state index contributed by atoms with van der Waals surface area (Å²) in [5, 5.41) is 11.6. The predicted octanol–water partition coefficient (Wildman–Crippen LogP) is 3.29. The van der Waals surface area contributed by atoms with Gasteiger partial charge in [0.1, 0.15) is 11.9 Å². The van der Waals surface area contributed by atoms with E-state index < -0.39 is 0 Å². The van der Waals surface area contributed by atoms with Crippen LogP contribution in [0.15, 0.2) is 49.1 Å². The van der Waals surface area contributed by atoms with Gasteiger partial charge in [0, 0.05) is 5.56 Å². The molecule has 0 saturated carbocycles. The smallest absolute Gasteiger partial charge is 0.126 e. The summed E-state index contributed by atoms with van der Waals surface area (Å²) >= 11 is 0. The molecule has 0 bridgehead atoms. The normalized spacial score (nSPS) is 12.4. The van der Waals surface area contributed by atoms with Crippen molar-refractivity contribution in [1.29, 1.82) is 0 Å². The summed E-state index contributed by atoms with van der Waals surface area (Å²) < 4.78 is 5.72. The number of benzene rings is 2. The predicted molar refractivity (Wildman–Crippen MR) is 70.2 cm³/mol. The average molecular weight is 228 g/mol. The molecule has 1 N–H and O–H groups in total. The Labute approximate surface area is 101 Å². The van der Waals surface area contributed by atoms with E-state index in [1.165, 1.54) is 0 Å². The van der Waals surface area contributed by atoms with Crippen LogP contribution in [0.3, 0.4) is 0 Å². The number of fused-ring (bicyclic) bond motifs is 1. The van der Waals surface area contributed by atoms with E-state index in [2.05, 4.69) is 6.58 Å². The van der Waals surface area contributed by atoms with Crippen LogP contribution < -0.4 is 4.74 Å². The number of aliphatic hydroxyl groups is 1. The minimum atomic E-state index is -0.0681. The van der Waals surface area contributed by atoms with Crippen LogP contribution in [-0.4, -0.2) is 11.2 Å². The molecule has 0 heterocycles. The third-order valence-corrected chi connectivity index (χ3v) is 2.80. The van der Waals surface area contributed by atoms with E-state index in [1.54, 1.807) is 6.08 Å². The van der Waals surface area contributed by atoms with Gasteiger partial charge in [-0.05, 0) is 23.8 Å². The molecule has 17 heavy (non-hydrogen) atoms. The zero-order valence-corrected chi connectivity index (χ0v) is 9.89. The highest BCUT2D eigenvalue weighted by Gasteiger charge is 2.09. The summed E-state index contributed by atoms with van der Waals surface area (Å²) in [6, 6.07) is 11.9. The van der Waals surface area contributed by atoms with Crippen molar-refractivity contribution >= 4 is 10.8 Å². The number of rotatable bonds is 4. The molecule has 88 valence electrons. The summed E-state index contributed by atoms with van der Waals surface area (Å²) in [5.74, 6) is 0.721. The van der Waals surface area contributed by atoms with Crippen molar-refractivity contribution in [3.8, 4) is 5.75 Å². The Kier molecular flexibility index (Phi) is 3.45. The zero-order chi connectivity index (χ0) is 12.3. The van der Waals surface area contributed by atoms with Crippen LogP contribution in [0.25, 0.3) is 10.8 Å². The molecule has 0 aliphatic rings. The fraction of sp³-hybridized carbons (Fsp3) is 0.200. The lowest BCUT2D eigenvalue weighted by Gasteiger charge is -2.15. The highest BCUT2D eigenvalue weighted by atomic mass is 16.5. The lowest BCUT2D eigenvalue weighted by Crippen LogP contribution is -2.09. The van der Waals surface area contributed by atoms with Gasteiger partial charge in [0.05, 0.1) is 6.61 Å². The number of hydrogen-bond donors (Lipinski definition) is 1. The SMILES string of the molecule is C=CC(C)Oc1ccc2ccccc2c1CO. The van der Waals surface area contributed by atoms with E-state index in [1.807, 2.05) is 43.3 Å². The zero-order valence-electron chi connectivity index (χ0n) is 9.89. The minimum Gasteiger partial charge on any atom is -0.486 e. The quantitative estimate of drug-likeness (QED) is 0.814. The van der Waals surface area contributed by atoms with Gasteiger partial charge in [0.15, 0.2) is 0 Å². The van der Waals surface area contributed by atoms with Crippen molar-refractivity contribution < 1.29 is 9.84 Å². The van der Waals surface area contributed by atoms with Gasteiger partial charge in [-0.3, -0.25) is 0 Å². The molecule has 2 nitrogen and oxygen atoms in total. The maximum absolute atomic E-state index is 9.50. The van der Waals surface area contributed by atoms with Gasteiger partial charge in [-0.25, -0.2) is 0 Å². The molecular weight excluding hydrogens is 212 g/mol. The molecule has 0 saturated heterocycles. The third kappa shape index (κ3) is 2.32. The van der Waals surface area contributed by atoms with Crippen LogP contribution in [0.5, 0.6) is 5.75 Å². The van der Waals surface area contributed by atoms with E-state index in [0.29, 0.717) is 0 Å². The van der Waals surface area contributed by atoms with Crippen molar-refractivity contribution in [3.05, 3.63) is 54.6 Å². The molecule has 2 heteroatoms. The van der Waals surface area contributed by atoms with Crippen molar-refractivity contribution in [1.82, 2.24) is 0 Å². The summed E-state index contributed by atoms with van der Waals surface area (Å²) in [4.78, 5) is 0. The van der Waals surface area contributed by atoms with E-state index in [9.17, 15) is 5.11 Å². The van der Waals surface area contributed by atoms with E-state index in [0.717, 1.165) is 22.1 Å². The van der Waals surface area contributed by atoms with Gasteiger partial charge in [0.2, 0.25) is 0 Å². The number of aliphatic hydroxyl groups excluding tert-OH is 1. The molecule has 0 amide bonds. The molecule has 0 fully saturated rings. The lowest BCUT2D eigenvalue weighted by molar-refractivity contribution is 0.245. The molecule has 0 spiro atoms. The number of hydrogen-bond acceptors (Lipinski definition) is 2. The Hall–Kier alpha value is -1.80. The molecule has 0 aromatic heterocycles. The third-order valence-electron chi connectivity index (χ3n) is 2.80. The number of ether oxygens (including phenoxy) is 1. The van der Waals surface area contributed by atoms with Crippen molar-refractivity contribution in [3.63, 3.8) is 0 Å². The summed E-state index contributed by atoms with van der Waals surface area (Å²) in [5.41, 5.74) is 0.830. The van der Waals surface area contributed by atoms with Crippen LogP contribution in [0, 0.1) is 0 Å². The largest absolute Gasteiger partial charge is 0.486 e. The van der Waals surface area contributed by atoms with Gasteiger partial charge in [-0.15, -0.1) is 0 Å². The first-order valence-corrected chi connectivity index (χ1v) is 5.67. The molecule has 1 atom stereocenters. The Morgan fingerprint density at radius 3 is 2.76 bits per heavy atom. The summed E-state index contributed by atoms with van der Waals surface area (Å²) in [6.45, 7) is 5.58. The first-order chi connectivity index (χ1) is 8.26. The fourth-order valence-electron chi connectivity index (χ4n) is 1.84. The minimum absolute atomic E-state index is 0.0272. The molecule has 2 rings (SSSR count). The molecular formula is C15H16O2. The molecule has 2 aromatic carbocycles. The second-order valence-electron chi connectivity index (χ2n) is 3.98. The summed E-state index contributed by atoms with van der Waals surface area (Å²) in [7, 11) is 0. The van der Waals surface area contributed by atoms with E-state index >= 15 is 0 Å². The van der Waals surface area contributed by atoms with Gasteiger partial charge in [-0.2, -0.15) is 0 Å². The highest BCUT2D eigenvalue weighted by molar-refractivity contribution is 5.87. The van der Waals surface area contributed by atoms with Crippen LogP contribution in [0.2, 0.25) is 0 Å². The standard InChI is InChI=1S/C15H16O2/c1-3-11(2)17-15-9-8-12-6-4-5-7-13(12)14(15)10-16/h3-9,11,16H,1,10H2,2H3. The lowest BCUT2D eigenvalue weighted by atomic mass is 10.0. The van der Waals surface area contributed by atoms with Gasteiger partial charge >= 0.3 is 0 Å². The molecule has 0 radical (unpaired) electrons. The molecule has 0 aliphatic heterocycles. The summed E-state index contributed by atoms with van der Waals surface area (Å²) in [6.07, 6.45) is 1.66. The fourth-order valence-corrected chi connectivity index (χ4v) is 1.84. The first-order valence-electron chi connectivity index (χ1n) is 5.67. The van der Waals surface area contributed by atoms with Crippen LogP contribution in [0.1, 0.15) is 12.5 Å². The van der Waals surface area contributed by atoms with Crippen LogP contribution >= 0.6 is 0 Å².